The van der Waals surface area contributed by atoms with Gasteiger partial charge in [-0.2, -0.15) is 5.26 Å². The van der Waals surface area contributed by atoms with Crippen molar-refractivity contribution in [1.29, 1.82) is 5.26 Å². The van der Waals surface area contributed by atoms with Crippen LogP contribution in [-0.2, 0) is 14.3 Å². The largest absolute Gasteiger partial charge is 0.506 e. The van der Waals surface area contributed by atoms with Crippen molar-refractivity contribution in [3.63, 3.8) is 0 Å². The fourth-order valence-electron chi connectivity index (χ4n) is 3.99. The highest BCUT2D eigenvalue weighted by Gasteiger charge is 2.24. The summed E-state index contributed by atoms with van der Waals surface area (Å²) in [4.78, 5) is 37.9. The third-order valence-corrected chi connectivity index (χ3v) is 6.56. The van der Waals surface area contributed by atoms with Gasteiger partial charge in [-0.05, 0) is 56.5 Å². The number of anilines is 3. The van der Waals surface area contributed by atoms with E-state index in [0.717, 1.165) is 24.0 Å². The summed E-state index contributed by atoms with van der Waals surface area (Å²) in [6.45, 7) is 5.35. The summed E-state index contributed by atoms with van der Waals surface area (Å²) in [5.74, 6) is -1.03. The van der Waals surface area contributed by atoms with Crippen LogP contribution in [0.5, 0.6) is 17.2 Å². The van der Waals surface area contributed by atoms with Gasteiger partial charge in [0.1, 0.15) is 23.3 Å². The smallest absolute Gasteiger partial charge is 0.343 e. The topological polar surface area (TPSA) is 159 Å². The second kappa shape index (κ2) is 15.3. The minimum Gasteiger partial charge on any atom is -0.506 e. The van der Waals surface area contributed by atoms with Gasteiger partial charge >= 0.3 is 12.0 Å². The van der Waals surface area contributed by atoms with Crippen molar-refractivity contribution in [3.05, 3.63) is 70.2 Å². The van der Waals surface area contributed by atoms with E-state index in [1.165, 1.54) is 37.4 Å². The third kappa shape index (κ3) is 9.28. The van der Waals surface area contributed by atoms with Gasteiger partial charge in [0.2, 0.25) is 0 Å². The minimum absolute atomic E-state index is 0.0223. The second-order valence-electron chi connectivity index (χ2n) is 9.62. The number of nitrogens with zero attached hydrogens (tertiary/aromatic N) is 1. The Morgan fingerprint density at radius 1 is 1.00 bits per heavy atom. The molecule has 1 unspecified atom stereocenters. The molecule has 3 rings (SSSR count). The summed E-state index contributed by atoms with van der Waals surface area (Å²) >= 11 is 5.94. The number of hydrogen-bond acceptors (Lipinski definition) is 8. The number of benzene rings is 3. The molecule has 0 saturated heterocycles. The highest BCUT2D eigenvalue weighted by molar-refractivity contribution is 6.31. The number of aryl methyl sites for hydroxylation is 2. The predicted octanol–water partition coefficient (Wildman–Crippen LogP) is 6.31. The van der Waals surface area contributed by atoms with Crippen LogP contribution in [0.1, 0.15) is 42.9 Å². The zero-order chi connectivity index (χ0) is 31.5. The van der Waals surface area contributed by atoms with Gasteiger partial charge in [0.15, 0.2) is 12.7 Å². The molecule has 3 amide bonds. The van der Waals surface area contributed by atoms with Crippen LogP contribution in [0.3, 0.4) is 0 Å². The maximum absolute atomic E-state index is 13.4. The fourth-order valence-corrected chi connectivity index (χ4v) is 4.15. The van der Waals surface area contributed by atoms with Gasteiger partial charge < -0.3 is 35.3 Å². The number of amides is 3. The molecule has 0 saturated carbocycles. The fraction of sp³-hybridized carbons (Fsp3) is 0.290. The zero-order valence-electron chi connectivity index (χ0n) is 24.2. The summed E-state index contributed by atoms with van der Waals surface area (Å²) in [6.07, 6.45) is 1.13. The van der Waals surface area contributed by atoms with E-state index in [-0.39, 0.29) is 33.4 Å². The number of phenolic OH excluding ortho intramolecular Hbond substituents is 1. The molecule has 11 nitrogen and oxygen atoms in total. The van der Waals surface area contributed by atoms with E-state index in [1.807, 2.05) is 45.0 Å². The highest BCUT2D eigenvalue weighted by Crippen LogP contribution is 2.36. The van der Waals surface area contributed by atoms with E-state index in [0.29, 0.717) is 12.2 Å². The molecule has 0 radical (unpaired) electrons. The number of methoxy groups -OCH3 is 1. The summed E-state index contributed by atoms with van der Waals surface area (Å²) in [5, 5.41) is 27.9. The molecule has 43 heavy (non-hydrogen) atoms. The SMILES string of the molecule is CCCCC(Oc1ccc(C)cc1C)C(=O)Nc1cc(O)c(NC(=O)Nc2ccc(Cl)c(C#N)c2)cc1OCC(=O)OC. The maximum Gasteiger partial charge on any atom is 0.343 e. The van der Waals surface area contributed by atoms with Gasteiger partial charge in [0, 0.05) is 17.8 Å². The Morgan fingerprint density at radius 2 is 1.77 bits per heavy atom. The number of nitriles is 1. The Kier molecular flexibility index (Phi) is 11.6. The molecule has 0 aromatic heterocycles. The van der Waals surface area contributed by atoms with Gasteiger partial charge in [-0.3, -0.25) is 4.79 Å². The molecule has 0 heterocycles. The van der Waals surface area contributed by atoms with Gasteiger partial charge in [-0.15, -0.1) is 0 Å². The molecule has 226 valence electrons. The number of rotatable bonds is 12. The number of carbonyl (C=O) groups excluding carboxylic acids is 3. The molecule has 1 atom stereocenters. The first-order valence-corrected chi connectivity index (χ1v) is 13.8. The summed E-state index contributed by atoms with van der Waals surface area (Å²) < 4.78 is 16.3. The van der Waals surface area contributed by atoms with Crippen LogP contribution in [0.25, 0.3) is 0 Å². The monoisotopic (exact) mass is 608 g/mol. The molecule has 3 aromatic rings. The zero-order valence-corrected chi connectivity index (χ0v) is 25.0. The molecule has 0 fully saturated rings. The van der Waals surface area contributed by atoms with E-state index < -0.39 is 36.4 Å². The predicted molar refractivity (Wildman–Crippen MR) is 163 cm³/mol. The van der Waals surface area contributed by atoms with Crippen LogP contribution in [0, 0.1) is 25.2 Å². The Bertz CT molecular complexity index is 1540. The lowest BCUT2D eigenvalue weighted by Crippen LogP contribution is -2.33. The molecule has 0 bridgehead atoms. The number of aromatic hydroxyl groups is 1. The lowest BCUT2D eigenvalue weighted by atomic mass is 10.1. The van der Waals surface area contributed by atoms with Crippen molar-refractivity contribution in [2.45, 2.75) is 46.1 Å². The average Bonchev–Trinajstić information content (AvgIpc) is 2.97. The first-order chi connectivity index (χ1) is 20.5. The first-order valence-electron chi connectivity index (χ1n) is 13.4. The highest BCUT2D eigenvalue weighted by atomic mass is 35.5. The Balaban J connectivity index is 1.85. The summed E-state index contributed by atoms with van der Waals surface area (Å²) in [6, 6.07) is 13.6. The maximum atomic E-state index is 13.4. The Morgan fingerprint density at radius 3 is 2.44 bits per heavy atom. The van der Waals surface area contributed by atoms with E-state index in [1.54, 1.807) is 0 Å². The lowest BCUT2D eigenvalue weighted by Gasteiger charge is -2.21. The number of halogens is 1. The quantitative estimate of drug-likeness (QED) is 0.138. The number of nitrogens with one attached hydrogen (secondary N) is 3. The van der Waals surface area contributed by atoms with Crippen LogP contribution in [0.4, 0.5) is 21.9 Å². The molecule has 4 N–H and O–H groups in total. The average molecular weight is 609 g/mol. The van der Waals surface area contributed by atoms with Gasteiger partial charge in [-0.1, -0.05) is 42.6 Å². The summed E-state index contributed by atoms with van der Waals surface area (Å²) in [5.41, 5.74) is 2.35. The molecular weight excluding hydrogens is 576 g/mol. The molecule has 3 aromatic carbocycles. The molecule has 0 spiro atoms. The number of phenols is 1. The lowest BCUT2D eigenvalue weighted by molar-refractivity contribution is -0.142. The van der Waals surface area contributed by atoms with Crippen LogP contribution in [0.2, 0.25) is 5.02 Å². The molecule has 12 heteroatoms. The number of esters is 1. The van der Waals surface area contributed by atoms with E-state index >= 15 is 0 Å². The molecule has 0 aliphatic carbocycles. The number of carbonyl (C=O) groups is 3. The van der Waals surface area contributed by atoms with Crippen molar-refractivity contribution >= 4 is 46.6 Å². The summed E-state index contributed by atoms with van der Waals surface area (Å²) in [7, 11) is 1.19. The number of ether oxygens (including phenoxy) is 3. The van der Waals surface area contributed by atoms with Crippen LogP contribution in [-0.4, -0.2) is 42.8 Å². The van der Waals surface area contributed by atoms with Crippen molar-refractivity contribution in [2.24, 2.45) is 0 Å². The standard InChI is InChI=1S/C31H33ClN4O7/c1-5-6-7-27(43-26-11-8-18(2)12-19(26)3)30(39)35-24-14-25(37)23(15-28(24)42-17-29(38)41-4)36-31(40)34-21-9-10-22(32)20(13-21)16-33/h8-15,27,37H,5-7,17H2,1-4H3,(H,35,39)(H2,34,36,40). The van der Waals surface area contributed by atoms with Crippen LogP contribution in [0.15, 0.2) is 48.5 Å². The Hall–Kier alpha value is -4.95. The van der Waals surface area contributed by atoms with Gasteiger partial charge in [-0.25, -0.2) is 9.59 Å². The van der Waals surface area contributed by atoms with E-state index in [4.69, 9.17) is 26.3 Å². The van der Waals surface area contributed by atoms with Crippen molar-refractivity contribution < 1.29 is 33.7 Å². The molecule has 0 aliphatic rings. The van der Waals surface area contributed by atoms with E-state index in [9.17, 15) is 19.5 Å². The van der Waals surface area contributed by atoms with Crippen molar-refractivity contribution in [1.82, 2.24) is 0 Å². The third-order valence-electron chi connectivity index (χ3n) is 6.23. The van der Waals surface area contributed by atoms with Crippen molar-refractivity contribution in [2.75, 3.05) is 29.7 Å². The van der Waals surface area contributed by atoms with E-state index in [2.05, 4.69) is 20.7 Å². The van der Waals surface area contributed by atoms with Crippen LogP contribution >= 0.6 is 11.6 Å². The van der Waals surface area contributed by atoms with Gasteiger partial charge in [0.25, 0.3) is 5.91 Å². The molecule has 0 aliphatic heterocycles. The van der Waals surface area contributed by atoms with Crippen LogP contribution < -0.4 is 25.4 Å². The number of hydrogen-bond donors (Lipinski definition) is 4. The van der Waals surface area contributed by atoms with Gasteiger partial charge in [0.05, 0.1) is 29.1 Å². The second-order valence-corrected chi connectivity index (χ2v) is 10.0. The normalized spacial score (nSPS) is 11.1. The molecular formula is C31H33ClN4O7. The van der Waals surface area contributed by atoms with Crippen molar-refractivity contribution in [3.8, 4) is 23.3 Å². The minimum atomic E-state index is -0.863. The number of urea groups is 1. The number of unbranched alkanes of at least 4 members (excludes halogenated alkanes) is 1. The first kappa shape index (κ1) is 32.6. The Labute approximate surface area is 254 Å².